The second-order valence-corrected chi connectivity index (χ2v) is 8.00. The van der Waals surface area contributed by atoms with Crippen molar-refractivity contribution in [2.45, 2.75) is 26.7 Å². The molecule has 0 radical (unpaired) electrons. The molecule has 3 aromatic rings. The van der Waals surface area contributed by atoms with Gasteiger partial charge in [0.15, 0.2) is 0 Å². The van der Waals surface area contributed by atoms with Crippen LogP contribution in [0.1, 0.15) is 28.2 Å². The first-order valence-electron chi connectivity index (χ1n) is 10.6. The van der Waals surface area contributed by atoms with E-state index in [1.165, 1.54) is 6.07 Å². The SMILES string of the molecule is Cc1nc(C)c(Cc2cccc(F)c2)c(N2CCN(C(=O)Cc3ccccc3)CC2)n1. The summed E-state index contributed by atoms with van der Waals surface area (Å²) in [6.07, 6.45) is 1.00. The Kier molecular flexibility index (Phi) is 6.26. The van der Waals surface area contributed by atoms with E-state index in [1.807, 2.05) is 55.1 Å². The molecule has 1 aliphatic heterocycles. The van der Waals surface area contributed by atoms with Crippen LogP contribution in [0.4, 0.5) is 10.2 Å². The van der Waals surface area contributed by atoms with Gasteiger partial charge in [-0.2, -0.15) is 0 Å². The lowest BCUT2D eigenvalue weighted by atomic mass is 10.0. The maximum atomic E-state index is 13.7. The third kappa shape index (κ3) is 5.08. The molecule has 1 amide bonds. The topological polar surface area (TPSA) is 49.3 Å². The van der Waals surface area contributed by atoms with E-state index in [1.54, 1.807) is 12.1 Å². The molecule has 5 nitrogen and oxygen atoms in total. The van der Waals surface area contributed by atoms with Crippen LogP contribution in [0, 0.1) is 19.7 Å². The summed E-state index contributed by atoms with van der Waals surface area (Å²) in [7, 11) is 0. The van der Waals surface area contributed by atoms with Crippen molar-refractivity contribution in [2.24, 2.45) is 0 Å². The molecule has 1 aliphatic rings. The molecular weight excluding hydrogens is 391 g/mol. The molecule has 0 N–H and O–H groups in total. The normalized spacial score (nSPS) is 14.0. The number of anilines is 1. The maximum absolute atomic E-state index is 13.7. The van der Waals surface area contributed by atoms with E-state index >= 15 is 0 Å². The number of amides is 1. The zero-order chi connectivity index (χ0) is 21.8. The van der Waals surface area contributed by atoms with Crippen molar-refractivity contribution in [2.75, 3.05) is 31.1 Å². The highest BCUT2D eigenvalue weighted by Gasteiger charge is 2.25. The fourth-order valence-corrected chi connectivity index (χ4v) is 4.09. The van der Waals surface area contributed by atoms with Crippen molar-refractivity contribution in [3.8, 4) is 0 Å². The molecule has 0 aliphatic carbocycles. The molecule has 1 fully saturated rings. The van der Waals surface area contributed by atoms with E-state index in [9.17, 15) is 9.18 Å². The number of nitrogens with zero attached hydrogens (tertiary/aromatic N) is 4. The first-order valence-corrected chi connectivity index (χ1v) is 10.6. The van der Waals surface area contributed by atoms with Gasteiger partial charge < -0.3 is 9.80 Å². The van der Waals surface area contributed by atoms with E-state index < -0.39 is 0 Å². The maximum Gasteiger partial charge on any atom is 0.227 e. The summed E-state index contributed by atoms with van der Waals surface area (Å²) in [5, 5.41) is 0. The smallest absolute Gasteiger partial charge is 0.227 e. The molecule has 31 heavy (non-hydrogen) atoms. The lowest BCUT2D eigenvalue weighted by Crippen LogP contribution is -2.49. The van der Waals surface area contributed by atoms with Gasteiger partial charge in [-0.15, -0.1) is 0 Å². The molecule has 2 aromatic carbocycles. The summed E-state index contributed by atoms with van der Waals surface area (Å²) >= 11 is 0. The number of aryl methyl sites for hydroxylation is 2. The molecule has 1 aromatic heterocycles. The average molecular weight is 419 g/mol. The van der Waals surface area contributed by atoms with Crippen LogP contribution < -0.4 is 4.90 Å². The number of rotatable bonds is 5. The van der Waals surface area contributed by atoms with Crippen LogP contribution in [0.15, 0.2) is 54.6 Å². The van der Waals surface area contributed by atoms with Crippen LogP contribution in [-0.4, -0.2) is 47.0 Å². The van der Waals surface area contributed by atoms with Gasteiger partial charge in [0.05, 0.1) is 6.42 Å². The lowest BCUT2D eigenvalue weighted by molar-refractivity contribution is -0.130. The second kappa shape index (κ2) is 9.25. The molecule has 160 valence electrons. The minimum atomic E-state index is -0.240. The summed E-state index contributed by atoms with van der Waals surface area (Å²) in [6, 6.07) is 16.5. The highest BCUT2D eigenvalue weighted by molar-refractivity contribution is 5.79. The van der Waals surface area contributed by atoms with E-state index in [2.05, 4.69) is 9.88 Å². The van der Waals surface area contributed by atoms with Crippen LogP contribution in [0.3, 0.4) is 0 Å². The number of halogens is 1. The van der Waals surface area contributed by atoms with Crippen LogP contribution in [0.5, 0.6) is 0 Å². The third-order valence-electron chi connectivity index (χ3n) is 5.70. The molecule has 0 bridgehead atoms. The number of hydrogen-bond acceptors (Lipinski definition) is 4. The standard InChI is InChI=1S/C25H27FN4O/c1-18-23(16-21-9-6-10-22(26)15-21)25(28-19(2)27-18)30-13-11-29(12-14-30)24(31)17-20-7-4-3-5-8-20/h3-10,15H,11-14,16-17H2,1-2H3. The number of carbonyl (C=O) groups is 1. The Morgan fingerprint density at radius 3 is 2.35 bits per heavy atom. The molecule has 0 atom stereocenters. The predicted molar refractivity (Wildman–Crippen MR) is 120 cm³/mol. The van der Waals surface area contributed by atoms with E-state index in [0.29, 0.717) is 39.0 Å². The number of carbonyl (C=O) groups excluding carboxylic acids is 1. The molecule has 2 heterocycles. The van der Waals surface area contributed by atoms with Gasteiger partial charge >= 0.3 is 0 Å². The number of piperazine rings is 1. The van der Waals surface area contributed by atoms with E-state index in [4.69, 9.17) is 4.98 Å². The summed E-state index contributed by atoms with van der Waals surface area (Å²) in [6.45, 7) is 6.62. The van der Waals surface area contributed by atoms with Gasteiger partial charge in [0, 0.05) is 43.9 Å². The summed E-state index contributed by atoms with van der Waals surface area (Å²) in [5.41, 5.74) is 3.86. The van der Waals surface area contributed by atoms with Gasteiger partial charge in [-0.1, -0.05) is 42.5 Å². The first kappa shape index (κ1) is 21.0. The molecule has 6 heteroatoms. The van der Waals surface area contributed by atoms with Crippen molar-refractivity contribution in [3.63, 3.8) is 0 Å². The molecule has 0 spiro atoms. The average Bonchev–Trinajstić information content (AvgIpc) is 2.76. The predicted octanol–water partition coefficient (Wildman–Crippen LogP) is 3.71. The summed E-state index contributed by atoms with van der Waals surface area (Å²) in [5.74, 6) is 1.53. The summed E-state index contributed by atoms with van der Waals surface area (Å²) in [4.78, 5) is 26.1. The zero-order valence-electron chi connectivity index (χ0n) is 18.0. The molecular formula is C25H27FN4O. The quantitative estimate of drug-likeness (QED) is 0.634. The van der Waals surface area contributed by atoms with Gasteiger partial charge in [0.25, 0.3) is 0 Å². The van der Waals surface area contributed by atoms with Crippen LogP contribution in [-0.2, 0) is 17.6 Å². The highest BCUT2D eigenvalue weighted by Crippen LogP contribution is 2.25. The fourth-order valence-electron chi connectivity index (χ4n) is 4.09. The Hall–Kier alpha value is -3.28. The van der Waals surface area contributed by atoms with Crippen molar-refractivity contribution < 1.29 is 9.18 Å². The van der Waals surface area contributed by atoms with Gasteiger partial charge in [-0.05, 0) is 37.1 Å². The fraction of sp³-hybridized carbons (Fsp3) is 0.320. The minimum Gasteiger partial charge on any atom is -0.353 e. The van der Waals surface area contributed by atoms with Crippen molar-refractivity contribution >= 4 is 11.7 Å². The van der Waals surface area contributed by atoms with Crippen molar-refractivity contribution in [3.05, 3.63) is 88.6 Å². The number of benzene rings is 2. The Morgan fingerprint density at radius 2 is 1.65 bits per heavy atom. The largest absolute Gasteiger partial charge is 0.353 e. The van der Waals surface area contributed by atoms with Crippen LogP contribution in [0.2, 0.25) is 0 Å². The second-order valence-electron chi connectivity index (χ2n) is 8.00. The van der Waals surface area contributed by atoms with Gasteiger partial charge in [-0.3, -0.25) is 4.79 Å². The van der Waals surface area contributed by atoms with E-state index in [0.717, 1.165) is 34.0 Å². The molecule has 0 unspecified atom stereocenters. The Labute approximate surface area is 182 Å². The van der Waals surface area contributed by atoms with Crippen LogP contribution >= 0.6 is 0 Å². The van der Waals surface area contributed by atoms with Gasteiger partial charge in [0.1, 0.15) is 17.5 Å². The molecule has 4 rings (SSSR count). The third-order valence-corrected chi connectivity index (χ3v) is 5.70. The molecule has 1 saturated heterocycles. The minimum absolute atomic E-state index is 0.154. The Morgan fingerprint density at radius 1 is 0.935 bits per heavy atom. The van der Waals surface area contributed by atoms with Crippen molar-refractivity contribution in [1.82, 2.24) is 14.9 Å². The van der Waals surface area contributed by atoms with Gasteiger partial charge in [0.2, 0.25) is 5.91 Å². The molecule has 0 saturated carbocycles. The van der Waals surface area contributed by atoms with Gasteiger partial charge in [-0.25, -0.2) is 14.4 Å². The van der Waals surface area contributed by atoms with Crippen molar-refractivity contribution in [1.29, 1.82) is 0 Å². The monoisotopic (exact) mass is 418 g/mol. The number of aromatic nitrogens is 2. The van der Waals surface area contributed by atoms with Crippen LogP contribution in [0.25, 0.3) is 0 Å². The number of hydrogen-bond donors (Lipinski definition) is 0. The van der Waals surface area contributed by atoms with E-state index in [-0.39, 0.29) is 11.7 Å². The Balaban J connectivity index is 1.48. The zero-order valence-corrected chi connectivity index (χ0v) is 18.0. The summed E-state index contributed by atoms with van der Waals surface area (Å²) < 4.78 is 13.7. The Bertz CT molecular complexity index is 1060. The highest BCUT2D eigenvalue weighted by atomic mass is 19.1. The first-order chi connectivity index (χ1) is 15.0. The lowest BCUT2D eigenvalue weighted by Gasteiger charge is -2.36.